The molecule has 1 N–H and O–H groups in total. The van der Waals surface area contributed by atoms with E-state index in [1.165, 1.54) is 11.8 Å². The summed E-state index contributed by atoms with van der Waals surface area (Å²) in [5, 5.41) is 5.13. The van der Waals surface area contributed by atoms with Gasteiger partial charge in [-0.05, 0) is 18.2 Å². The van der Waals surface area contributed by atoms with Crippen LogP contribution in [0.5, 0.6) is 0 Å². The van der Waals surface area contributed by atoms with Gasteiger partial charge < -0.3 is 5.32 Å². The van der Waals surface area contributed by atoms with Crippen molar-refractivity contribution in [3.05, 3.63) is 59.4 Å². The van der Waals surface area contributed by atoms with E-state index < -0.39 is 0 Å². The number of aromatic nitrogens is 2. The van der Waals surface area contributed by atoms with Crippen molar-refractivity contribution in [1.29, 1.82) is 0 Å². The molecule has 1 heterocycles. The number of para-hydroxylation sites is 2. The number of anilines is 1. The molecule has 134 valence electrons. The van der Waals surface area contributed by atoms with Gasteiger partial charge in [-0.3, -0.25) is 4.79 Å². The molecule has 6 heteroatoms. The van der Waals surface area contributed by atoms with Crippen LogP contribution in [0.1, 0.15) is 26.6 Å². The number of halogens is 1. The molecule has 0 aliphatic carbocycles. The molecule has 3 rings (SSSR count). The molecule has 3 aromatic rings. The van der Waals surface area contributed by atoms with Crippen molar-refractivity contribution in [2.75, 3.05) is 11.1 Å². The fourth-order valence-corrected chi connectivity index (χ4v) is 3.38. The molecule has 0 bridgehead atoms. The zero-order valence-corrected chi connectivity index (χ0v) is 16.5. The van der Waals surface area contributed by atoms with E-state index in [-0.39, 0.29) is 17.1 Å². The van der Waals surface area contributed by atoms with Crippen LogP contribution in [0.3, 0.4) is 0 Å². The van der Waals surface area contributed by atoms with E-state index in [1.807, 2.05) is 36.4 Å². The molecule has 1 aromatic heterocycles. The van der Waals surface area contributed by atoms with Gasteiger partial charge in [0, 0.05) is 10.8 Å². The van der Waals surface area contributed by atoms with Crippen molar-refractivity contribution in [1.82, 2.24) is 9.97 Å². The van der Waals surface area contributed by atoms with Gasteiger partial charge in [0.25, 0.3) is 0 Å². The summed E-state index contributed by atoms with van der Waals surface area (Å²) in [5.41, 5.74) is 1.34. The van der Waals surface area contributed by atoms with Gasteiger partial charge in [0.05, 0.1) is 22.0 Å². The molecule has 4 nitrogen and oxygen atoms in total. The van der Waals surface area contributed by atoms with Gasteiger partial charge >= 0.3 is 0 Å². The molecular formula is C20H20ClN3OS. The summed E-state index contributed by atoms with van der Waals surface area (Å²) in [6, 6.07) is 15.1. The summed E-state index contributed by atoms with van der Waals surface area (Å²) in [5.74, 6) is 0.892. The van der Waals surface area contributed by atoms with E-state index in [0.717, 1.165) is 21.8 Å². The van der Waals surface area contributed by atoms with E-state index in [9.17, 15) is 4.79 Å². The third-order valence-electron chi connectivity index (χ3n) is 3.73. The smallest absolute Gasteiger partial charge is 0.234 e. The van der Waals surface area contributed by atoms with Crippen LogP contribution in [0.15, 0.2) is 53.6 Å². The number of hydrogen-bond acceptors (Lipinski definition) is 4. The summed E-state index contributed by atoms with van der Waals surface area (Å²) in [6.07, 6.45) is 0. The van der Waals surface area contributed by atoms with Crippen LogP contribution in [0.4, 0.5) is 5.69 Å². The number of carbonyl (C=O) groups is 1. The number of hydrogen-bond donors (Lipinski definition) is 1. The van der Waals surface area contributed by atoms with Crippen molar-refractivity contribution in [2.45, 2.75) is 31.2 Å². The lowest BCUT2D eigenvalue weighted by molar-refractivity contribution is -0.113. The highest BCUT2D eigenvalue weighted by molar-refractivity contribution is 8.00. The Bertz CT molecular complexity index is 953. The first-order valence-electron chi connectivity index (χ1n) is 8.29. The number of carbonyl (C=O) groups excluding carboxylic acids is 1. The van der Waals surface area contributed by atoms with Gasteiger partial charge in [-0.1, -0.05) is 74.5 Å². The zero-order chi connectivity index (χ0) is 18.7. The molecule has 0 unspecified atom stereocenters. The molecule has 1 amide bonds. The van der Waals surface area contributed by atoms with Crippen LogP contribution in [0.25, 0.3) is 10.9 Å². The first kappa shape index (κ1) is 18.7. The number of nitrogens with one attached hydrogen (secondary N) is 1. The maximum Gasteiger partial charge on any atom is 0.234 e. The molecule has 0 radical (unpaired) electrons. The normalized spacial score (nSPS) is 11.5. The number of fused-ring (bicyclic) bond motifs is 1. The second-order valence-corrected chi connectivity index (χ2v) is 8.31. The van der Waals surface area contributed by atoms with Gasteiger partial charge in [0.15, 0.2) is 0 Å². The Morgan fingerprint density at radius 2 is 1.77 bits per heavy atom. The molecule has 0 saturated heterocycles. The first-order valence-corrected chi connectivity index (χ1v) is 9.65. The Labute approximate surface area is 162 Å². The predicted molar refractivity (Wildman–Crippen MR) is 109 cm³/mol. The summed E-state index contributed by atoms with van der Waals surface area (Å²) in [4.78, 5) is 21.7. The summed E-state index contributed by atoms with van der Waals surface area (Å²) in [6.45, 7) is 6.24. The predicted octanol–water partition coefficient (Wildman–Crippen LogP) is 5.31. The Hall–Kier alpha value is -2.11. The minimum Gasteiger partial charge on any atom is -0.324 e. The van der Waals surface area contributed by atoms with Crippen LogP contribution in [-0.2, 0) is 10.2 Å². The third kappa shape index (κ3) is 4.34. The number of amides is 1. The van der Waals surface area contributed by atoms with Crippen LogP contribution in [0.2, 0.25) is 5.02 Å². The van der Waals surface area contributed by atoms with Crippen LogP contribution >= 0.6 is 23.4 Å². The van der Waals surface area contributed by atoms with Crippen molar-refractivity contribution in [2.24, 2.45) is 0 Å². The molecule has 0 saturated carbocycles. The molecule has 0 atom stereocenters. The van der Waals surface area contributed by atoms with Crippen LogP contribution < -0.4 is 5.32 Å². The number of rotatable bonds is 4. The SMILES string of the molecule is CC(C)(C)c1nc(SCC(=O)Nc2ccccc2Cl)c2ccccc2n1. The lowest BCUT2D eigenvalue weighted by Gasteiger charge is -2.18. The van der Waals surface area contributed by atoms with Gasteiger partial charge in [-0.15, -0.1) is 0 Å². The van der Waals surface area contributed by atoms with Crippen molar-refractivity contribution >= 4 is 45.9 Å². The van der Waals surface area contributed by atoms with Gasteiger partial charge in [0.1, 0.15) is 10.9 Å². The molecule has 0 aliphatic rings. The molecule has 0 spiro atoms. The maximum absolute atomic E-state index is 12.3. The highest BCUT2D eigenvalue weighted by Gasteiger charge is 2.20. The Morgan fingerprint density at radius 3 is 2.50 bits per heavy atom. The largest absolute Gasteiger partial charge is 0.324 e. The average molecular weight is 386 g/mol. The van der Waals surface area contributed by atoms with Crippen LogP contribution in [0, 0.1) is 0 Å². The fraction of sp³-hybridized carbons (Fsp3) is 0.250. The topological polar surface area (TPSA) is 54.9 Å². The molecule has 0 aliphatic heterocycles. The number of thioether (sulfide) groups is 1. The van der Waals surface area contributed by atoms with E-state index in [1.54, 1.807) is 12.1 Å². The Morgan fingerprint density at radius 1 is 1.08 bits per heavy atom. The average Bonchev–Trinajstić information content (AvgIpc) is 2.60. The Balaban J connectivity index is 1.82. The van der Waals surface area contributed by atoms with Gasteiger partial charge in [0.2, 0.25) is 5.91 Å². The summed E-state index contributed by atoms with van der Waals surface area (Å²) < 4.78 is 0. The fourth-order valence-electron chi connectivity index (χ4n) is 2.38. The second kappa shape index (κ2) is 7.64. The molecular weight excluding hydrogens is 366 g/mol. The van der Waals surface area contributed by atoms with Gasteiger partial charge in [-0.25, -0.2) is 9.97 Å². The minimum atomic E-state index is -0.167. The van der Waals surface area contributed by atoms with E-state index >= 15 is 0 Å². The van der Waals surface area contributed by atoms with Crippen molar-refractivity contribution < 1.29 is 4.79 Å². The number of nitrogens with zero attached hydrogens (tertiary/aromatic N) is 2. The Kier molecular flexibility index (Phi) is 5.49. The standard InChI is InChI=1S/C20H20ClN3OS/c1-20(2,3)19-23-15-10-6-4-8-13(15)18(24-19)26-12-17(25)22-16-11-7-5-9-14(16)21/h4-11H,12H2,1-3H3,(H,22,25). The summed E-state index contributed by atoms with van der Waals surface area (Å²) in [7, 11) is 0. The monoisotopic (exact) mass is 385 g/mol. The minimum absolute atomic E-state index is 0.122. The highest BCUT2D eigenvalue weighted by Crippen LogP contribution is 2.29. The third-order valence-corrected chi connectivity index (χ3v) is 5.05. The van der Waals surface area contributed by atoms with E-state index in [4.69, 9.17) is 16.6 Å². The lowest BCUT2D eigenvalue weighted by atomic mass is 9.95. The molecule has 26 heavy (non-hydrogen) atoms. The second-order valence-electron chi connectivity index (χ2n) is 6.94. The zero-order valence-electron chi connectivity index (χ0n) is 14.9. The molecule has 2 aromatic carbocycles. The molecule has 0 fully saturated rings. The van der Waals surface area contributed by atoms with E-state index in [2.05, 4.69) is 31.1 Å². The quantitative estimate of drug-likeness (QED) is 0.488. The van der Waals surface area contributed by atoms with Crippen molar-refractivity contribution in [3.8, 4) is 0 Å². The van der Waals surface area contributed by atoms with Gasteiger partial charge in [-0.2, -0.15) is 0 Å². The first-order chi connectivity index (χ1) is 12.3. The summed E-state index contributed by atoms with van der Waals surface area (Å²) >= 11 is 7.50. The van der Waals surface area contributed by atoms with E-state index in [0.29, 0.717) is 10.7 Å². The van der Waals surface area contributed by atoms with Crippen LogP contribution in [-0.4, -0.2) is 21.6 Å². The highest BCUT2D eigenvalue weighted by atomic mass is 35.5. The maximum atomic E-state index is 12.3. The number of benzene rings is 2. The van der Waals surface area contributed by atoms with Crippen molar-refractivity contribution in [3.63, 3.8) is 0 Å². The lowest BCUT2D eigenvalue weighted by Crippen LogP contribution is -2.17.